The minimum absolute atomic E-state index is 0.535. The molecule has 326 valence electrons. The summed E-state index contributed by atoms with van der Waals surface area (Å²) in [5.41, 5.74) is 11.5. The van der Waals surface area contributed by atoms with Crippen LogP contribution in [0.15, 0.2) is 231 Å². The van der Waals surface area contributed by atoms with Gasteiger partial charge in [-0.25, -0.2) is 9.97 Å². The molecule has 70 heavy (non-hydrogen) atoms. The highest BCUT2D eigenvalue weighted by Crippen LogP contribution is 2.44. The molecule has 6 heterocycles. The fourth-order valence-electron chi connectivity index (χ4n) is 11.1. The van der Waals surface area contributed by atoms with Crippen LogP contribution < -0.4 is 0 Å². The number of pyridine rings is 1. The molecule has 0 bridgehead atoms. The average molecular weight is 895 g/mol. The molecule has 0 aliphatic carbocycles. The van der Waals surface area contributed by atoms with Crippen LogP contribution in [0.3, 0.4) is 0 Å². The second-order valence-electron chi connectivity index (χ2n) is 17.8. The first kappa shape index (κ1) is 38.4. The third-order valence-electron chi connectivity index (χ3n) is 14.0. The molecule has 8 nitrogen and oxygen atoms in total. The lowest BCUT2D eigenvalue weighted by Gasteiger charge is -2.15. The summed E-state index contributed by atoms with van der Waals surface area (Å²) in [5.74, 6) is 3.35. The number of rotatable bonds is 6. The van der Waals surface area contributed by atoms with E-state index >= 15 is 0 Å². The van der Waals surface area contributed by atoms with Crippen molar-refractivity contribution < 1.29 is 0 Å². The lowest BCUT2D eigenvalue weighted by atomic mass is 10.1. The predicted molar refractivity (Wildman–Crippen MR) is 286 cm³/mol. The van der Waals surface area contributed by atoms with Crippen LogP contribution >= 0.6 is 0 Å². The largest absolute Gasteiger partial charge is 0.307 e. The summed E-state index contributed by atoms with van der Waals surface area (Å²) in [7, 11) is 0. The molecule has 0 aliphatic heterocycles. The topological polar surface area (TPSA) is 71.3 Å². The van der Waals surface area contributed by atoms with Crippen molar-refractivity contribution >= 4 is 87.2 Å². The third kappa shape index (κ3) is 5.52. The van der Waals surface area contributed by atoms with Gasteiger partial charge in [-0.15, -0.1) is 0 Å². The Balaban J connectivity index is 1.05. The molecule has 6 aromatic heterocycles. The second-order valence-corrected chi connectivity index (χ2v) is 17.8. The number of fused-ring (bicyclic) bond motifs is 14. The van der Waals surface area contributed by atoms with Gasteiger partial charge in [0.25, 0.3) is 0 Å². The van der Waals surface area contributed by atoms with Crippen molar-refractivity contribution in [3.05, 3.63) is 231 Å². The van der Waals surface area contributed by atoms with Crippen LogP contribution in [0.1, 0.15) is 0 Å². The third-order valence-corrected chi connectivity index (χ3v) is 14.0. The summed E-state index contributed by atoms with van der Waals surface area (Å²) in [4.78, 5) is 21.5. The number of hydrogen-bond donors (Lipinski definition) is 0. The zero-order chi connectivity index (χ0) is 45.9. The minimum Gasteiger partial charge on any atom is -0.307 e. The van der Waals surface area contributed by atoms with Crippen LogP contribution in [-0.2, 0) is 0 Å². The molecule has 0 spiro atoms. The molecule has 15 aromatic rings. The molecule has 0 amide bonds. The predicted octanol–water partition coefficient (Wildman–Crippen LogP) is 15.0. The smallest absolute Gasteiger partial charge is 0.238 e. The quantitative estimate of drug-likeness (QED) is 0.167. The van der Waals surface area contributed by atoms with Gasteiger partial charge in [0.1, 0.15) is 11.6 Å². The van der Waals surface area contributed by atoms with Gasteiger partial charge >= 0.3 is 0 Å². The lowest BCUT2D eigenvalue weighted by Crippen LogP contribution is -2.08. The van der Waals surface area contributed by atoms with Gasteiger partial charge in [0.2, 0.25) is 5.95 Å². The van der Waals surface area contributed by atoms with E-state index < -0.39 is 0 Å². The van der Waals surface area contributed by atoms with E-state index in [0.717, 1.165) is 94.1 Å². The van der Waals surface area contributed by atoms with Crippen LogP contribution in [-0.4, -0.2) is 38.2 Å². The van der Waals surface area contributed by atoms with Gasteiger partial charge in [-0.1, -0.05) is 182 Å². The Hall–Kier alpha value is -9.66. The highest BCUT2D eigenvalue weighted by Gasteiger charge is 2.26. The second kappa shape index (κ2) is 14.9. The number of para-hydroxylation sites is 5. The molecular weight excluding hydrogens is 857 g/mol. The van der Waals surface area contributed by atoms with E-state index in [9.17, 15) is 0 Å². The first-order chi connectivity index (χ1) is 34.8. The number of benzene rings is 9. The zero-order valence-electron chi connectivity index (χ0n) is 37.5. The van der Waals surface area contributed by atoms with Gasteiger partial charge in [0, 0.05) is 59.9 Å². The first-order valence-corrected chi connectivity index (χ1v) is 23.6. The Morgan fingerprint density at radius 3 is 1.01 bits per heavy atom. The molecule has 0 aliphatic rings. The van der Waals surface area contributed by atoms with E-state index in [0.29, 0.717) is 17.6 Å². The summed E-state index contributed by atoms with van der Waals surface area (Å²) in [5, 5.41) is 9.15. The van der Waals surface area contributed by atoms with Gasteiger partial charge in [-0.2, -0.15) is 9.97 Å². The van der Waals surface area contributed by atoms with Crippen LogP contribution in [0.25, 0.3) is 133 Å². The van der Waals surface area contributed by atoms with Crippen molar-refractivity contribution in [2.45, 2.75) is 0 Å². The molecule has 0 unspecified atom stereocenters. The summed E-state index contributed by atoms with van der Waals surface area (Å²) in [6, 6.07) is 81.2. The average Bonchev–Trinajstić information content (AvgIpc) is 4.17. The maximum absolute atomic E-state index is 5.76. The van der Waals surface area contributed by atoms with Gasteiger partial charge in [0.05, 0.1) is 44.1 Å². The van der Waals surface area contributed by atoms with E-state index in [1.165, 1.54) is 21.5 Å². The molecule has 0 N–H and O–H groups in total. The Labute approximate surface area is 400 Å². The van der Waals surface area contributed by atoms with E-state index in [1.54, 1.807) is 0 Å². The summed E-state index contributed by atoms with van der Waals surface area (Å²) < 4.78 is 9.37. The van der Waals surface area contributed by atoms with Crippen LogP contribution in [0, 0.1) is 0 Å². The molecule has 15 rings (SSSR count). The normalized spacial score (nSPS) is 12.0. The van der Waals surface area contributed by atoms with E-state index in [2.05, 4.69) is 212 Å². The first-order valence-electron chi connectivity index (χ1n) is 23.6. The van der Waals surface area contributed by atoms with Gasteiger partial charge in [-0.05, 0) is 48.5 Å². The summed E-state index contributed by atoms with van der Waals surface area (Å²) >= 11 is 0. The zero-order valence-corrected chi connectivity index (χ0v) is 37.5. The van der Waals surface area contributed by atoms with Crippen molar-refractivity contribution in [3.63, 3.8) is 0 Å². The Kier molecular flexibility index (Phi) is 8.20. The van der Waals surface area contributed by atoms with Crippen LogP contribution in [0.4, 0.5) is 0 Å². The van der Waals surface area contributed by atoms with Crippen molar-refractivity contribution in [2.75, 3.05) is 0 Å². The van der Waals surface area contributed by atoms with E-state index in [1.807, 2.05) is 36.4 Å². The molecule has 8 heteroatoms. The van der Waals surface area contributed by atoms with Crippen molar-refractivity contribution in [3.8, 4) is 46.0 Å². The maximum atomic E-state index is 5.76. The Morgan fingerprint density at radius 2 is 0.571 bits per heavy atom. The van der Waals surface area contributed by atoms with E-state index in [-0.39, 0.29) is 0 Å². The number of aromatic nitrogens is 8. The van der Waals surface area contributed by atoms with Gasteiger partial charge < -0.3 is 4.57 Å². The highest BCUT2D eigenvalue weighted by molar-refractivity contribution is 6.25. The van der Waals surface area contributed by atoms with Crippen molar-refractivity contribution in [1.29, 1.82) is 0 Å². The molecule has 0 saturated heterocycles. The number of hydrogen-bond acceptors (Lipinski definition) is 4. The summed E-state index contributed by atoms with van der Waals surface area (Å²) in [6.07, 6.45) is 0. The molecule has 9 aromatic carbocycles. The van der Waals surface area contributed by atoms with Crippen LogP contribution in [0.5, 0.6) is 0 Å². The van der Waals surface area contributed by atoms with Crippen molar-refractivity contribution in [2.24, 2.45) is 0 Å². The SMILES string of the molecule is c1ccc(-c2nc(-c3ccccc3)nc(-n3c4ccccc4c4ccc5c6ccccc6n(-c6cccc(-n7c8ccccc8c8ccc9c%10ccccc%10n(-c%10ccccc%10)c9c87)n6)c5c43)n2)cc1. The molecule has 0 radical (unpaired) electrons. The van der Waals surface area contributed by atoms with Crippen molar-refractivity contribution in [1.82, 2.24) is 38.2 Å². The van der Waals surface area contributed by atoms with Crippen LogP contribution in [0.2, 0.25) is 0 Å². The molecule has 0 saturated carbocycles. The fourth-order valence-corrected chi connectivity index (χ4v) is 11.1. The maximum Gasteiger partial charge on any atom is 0.238 e. The summed E-state index contributed by atoms with van der Waals surface area (Å²) in [6.45, 7) is 0. The van der Waals surface area contributed by atoms with Gasteiger partial charge in [-0.3, -0.25) is 13.7 Å². The Bertz CT molecular complexity index is 4520. The molecular formula is C62H38N8. The molecule has 0 atom stereocenters. The molecule has 0 fully saturated rings. The Morgan fingerprint density at radius 1 is 0.229 bits per heavy atom. The van der Waals surface area contributed by atoms with E-state index in [4.69, 9.17) is 19.9 Å². The highest BCUT2D eigenvalue weighted by atomic mass is 15.2. The standard InChI is InChI=1S/C62H38N8/c1-4-19-39(20-5-1)60-64-61(40-21-6-2-7-22-40)66-62(65-60)70-53-32-17-13-28-45(53)49-38-37-48-44-27-12-16-31-52(44)69(58(48)59(49)70)55-34-18-33-54(63-55)68-51-30-15-11-26-43(51)47-36-35-46-42-25-10-14-29-50(42)67(56(46)57(47)68)41-23-8-3-9-24-41/h1-38H. The minimum atomic E-state index is 0.535. The fraction of sp³-hybridized carbons (Fsp3) is 0. The monoisotopic (exact) mass is 894 g/mol. The van der Waals surface area contributed by atoms with Gasteiger partial charge in [0.15, 0.2) is 11.6 Å². The number of nitrogens with zero attached hydrogens (tertiary/aromatic N) is 8. The lowest BCUT2D eigenvalue weighted by molar-refractivity contribution is 0.952.